The first kappa shape index (κ1) is 20.5. The van der Waals surface area contributed by atoms with E-state index in [1.807, 2.05) is 0 Å². The first-order valence-electron chi connectivity index (χ1n) is 8.18. The highest BCUT2D eigenvalue weighted by Crippen LogP contribution is 2.34. The van der Waals surface area contributed by atoms with Gasteiger partial charge in [-0.2, -0.15) is 26.3 Å². The molecule has 0 heterocycles. The molecule has 0 amide bonds. The maximum atomic E-state index is 12.9. The summed E-state index contributed by atoms with van der Waals surface area (Å²) >= 11 is 0. The molecule has 26 heavy (non-hydrogen) atoms. The number of nitrogens with one attached hydrogen (secondary N) is 1. The summed E-state index contributed by atoms with van der Waals surface area (Å²) in [6.45, 7) is 0. The van der Waals surface area contributed by atoms with Crippen LogP contribution in [0.5, 0.6) is 0 Å². The fourth-order valence-electron chi connectivity index (χ4n) is 3.20. The van der Waals surface area contributed by atoms with Crippen molar-refractivity contribution in [2.24, 2.45) is 5.92 Å². The fraction of sp³-hybridized carbons (Fsp3) is 0.588. The van der Waals surface area contributed by atoms with Crippen molar-refractivity contribution in [3.8, 4) is 0 Å². The Morgan fingerprint density at radius 3 is 2.00 bits per heavy atom. The minimum Gasteiger partial charge on any atom is -0.481 e. The minimum absolute atomic E-state index is 0.121. The molecule has 1 aromatic rings. The summed E-state index contributed by atoms with van der Waals surface area (Å²) in [4.78, 5) is 10.9. The molecule has 2 rings (SSSR count). The van der Waals surface area contributed by atoms with E-state index >= 15 is 0 Å². The van der Waals surface area contributed by atoms with Gasteiger partial charge in [-0.15, -0.1) is 0 Å². The largest absolute Gasteiger partial charge is 0.481 e. The summed E-state index contributed by atoms with van der Waals surface area (Å²) in [5, 5.41) is 11.8. The second-order valence-electron chi connectivity index (χ2n) is 6.55. The third kappa shape index (κ3) is 5.89. The molecule has 1 unspecified atom stereocenters. The second kappa shape index (κ2) is 7.85. The predicted molar refractivity (Wildman–Crippen MR) is 81.4 cm³/mol. The SMILES string of the molecule is O=C(O)C1CCC(NC(CC(F)(F)F)c2ccc(C(F)(F)F)cc2)CC1. The second-order valence-corrected chi connectivity index (χ2v) is 6.55. The van der Waals surface area contributed by atoms with Crippen LogP contribution >= 0.6 is 0 Å². The smallest absolute Gasteiger partial charge is 0.416 e. The lowest BCUT2D eigenvalue weighted by atomic mass is 9.85. The van der Waals surface area contributed by atoms with Gasteiger partial charge in [0.1, 0.15) is 0 Å². The van der Waals surface area contributed by atoms with E-state index in [0.717, 1.165) is 24.3 Å². The van der Waals surface area contributed by atoms with Crippen LogP contribution in [0.1, 0.15) is 49.3 Å². The van der Waals surface area contributed by atoms with Gasteiger partial charge in [0.15, 0.2) is 0 Å². The Balaban J connectivity index is 2.10. The number of alkyl halides is 6. The molecule has 1 saturated carbocycles. The van der Waals surface area contributed by atoms with Crippen LogP contribution in [0.25, 0.3) is 0 Å². The van der Waals surface area contributed by atoms with Gasteiger partial charge in [-0.1, -0.05) is 12.1 Å². The zero-order valence-electron chi connectivity index (χ0n) is 13.7. The highest BCUT2D eigenvalue weighted by atomic mass is 19.4. The van der Waals surface area contributed by atoms with E-state index in [1.54, 1.807) is 0 Å². The molecule has 0 bridgehead atoms. The number of rotatable bonds is 5. The molecule has 3 nitrogen and oxygen atoms in total. The van der Waals surface area contributed by atoms with Gasteiger partial charge in [-0.25, -0.2) is 0 Å². The minimum atomic E-state index is -4.55. The normalized spacial score (nSPS) is 22.8. The number of hydrogen-bond acceptors (Lipinski definition) is 2. The molecule has 1 aliphatic rings. The Kier molecular flexibility index (Phi) is 6.21. The van der Waals surface area contributed by atoms with Crippen LogP contribution in [0, 0.1) is 5.92 Å². The quantitative estimate of drug-likeness (QED) is 0.709. The Morgan fingerprint density at radius 2 is 1.58 bits per heavy atom. The number of carbonyl (C=O) groups is 1. The van der Waals surface area contributed by atoms with Crippen molar-refractivity contribution in [2.75, 3.05) is 0 Å². The molecule has 1 fully saturated rings. The topological polar surface area (TPSA) is 49.3 Å². The third-order valence-corrected chi connectivity index (χ3v) is 4.59. The molecule has 0 aliphatic heterocycles. The van der Waals surface area contributed by atoms with Crippen molar-refractivity contribution in [1.82, 2.24) is 5.32 Å². The average molecular weight is 383 g/mol. The first-order valence-corrected chi connectivity index (χ1v) is 8.18. The van der Waals surface area contributed by atoms with Crippen molar-refractivity contribution >= 4 is 5.97 Å². The summed E-state index contributed by atoms with van der Waals surface area (Å²) in [6, 6.07) is 2.15. The standard InChI is InChI=1S/C17H19F6NO2/c18-16(19,20)9-14(10-1-5-12(6-2-10)17(21,22)23)24-13-7-3-11(4-8-13)15(25)26/h1-2,5-6,11,13-14,24H,3-4,7-9H2,(H,25,26). The average Bonchev–Trinajstić information content (AvgIpc) is 2.53. The van der Waals surface area contributed by atoms with Gasteiger partial charge in [0.2, 0.25) is 0 Å². The monoisotopic (exact) mass is 383 g/mol. The number of hydrogen-bond donors (Lipinski definition) is 2. The highest BCUT2D eigenvalue weighted by Gasteiger charge is 2.36. The number of aliphatic carboxylic acids is 1. The van der Waals surface area contributed by atoms with Gasteiger partial charge in [0, 0.05) is 12.1 Å². The third-order valence-electron chi connectivity index (χ3n) is 4.59. The fourth-order valence-corrected chi connectivity index (χ4v) is 3.20. The predicted octanol–water partition coefficient (Wildman–Crippen LogP) is 4.93. The molecular formula is C17H19F6NO2. The van der Waals surface area contributed by atoms with Crippen LogP contribution in [0.15, 0.2) is 24.3 Å². The summed E-state index contributed by atoms with van der Waals surface area (Å²) in [5.74, 6) is -1.42. The molecule has 0 spiro atoms. The van der Waals surface area contributed by atoms with Crippen LogP contribution in [-0.2, 0) is 11.0 Å². The number of carboxylic acid groups (broad SMARTS) is 1. The number of carboxylic acids is 1. The van der Waals surface area contributed by atoms with E-state index in [4.69, 9.17) is 5.11 Å². The lowest BCUT2D eigenvalue weighted by molar-refractivity contribution is -0.143. The lowest BCUT2D eigenvalue weighted by Crippen LogP contribution is -2.38. The Bertz CT molecular complexity index is 603. The van der Waals surface area contributed by atoms with E-state index in [1.165, 1.54) is 0 Å². The first-order chi connectivity index (χ1) is 12.0. The summed E-state index contributed by atoms with van der Waals surface area (Å²) < 4.78 is 76.5. The molecular weight excluding hydrogens is 364 g/mol. The van der Waals surface area contributed by atoms with E-state index < -0.39 is 42.3 Å². The van der Waals surface area contributed by atoms with E-state index in [-0.39, 0.29) is 11.6 Å². The highest BCUT2D eigenvalue weighted by molar-refractivity contribution is 5.70. The summed E-state index contributed by atoms with van der Waals surface area (Å²) in [6.07, 6.45) is -8.72. The van der Waals surface area contributed by atoms with Gasteiger partial charge in [0.05, 0.1) is 17.9 Å². The van der Waals surface area contributed by atoms with E-state index in [0.29, 0.717) is 25.7 Å². The van der Waals surface area contributed by atoms with Crippen LogP contribution < -0.4 is 5.32 Å². The Hall–Kier alpha value is -1.77. The molecule has 0 radical (unpaired) electrons. The van der Waals surface area contributed by atoms with Gasteiger partial charge in [-0.3, -0.25) is 4.79 Å². The Labute approximate surface area is 146 Å². The molecule has 2 N–H and O–H groups in total. The summed E-state index contributed by atoms with van der Waals surface area (Å²) in [7, 11) is 0. The van der Waals surface area contributed by atoms with Crippen molar-refractivity contribution in [3.05, 3.63) is 35.4 Å². The molecule has 0 aromatic heterocycles. The van der Waals surface area contributed by atoms with Crippen molar-refractivity contribution in [2.45, 2.75) is 56.5 Å². The van der Waals surface area contributed by atoms with Gasteiger partial charge >= 0.3 is 18.3 Å². The number of halogens is 6. The van der Waals surface area contributed by atoms with Gasteiger partial charge in [0.25, 0.3) is 0 Å². The van der Waals surface area contributed by atoms with Crippen LogP contribution in [0.4, 0.5) is 26.3 Å². The maximum Gasteiger partial charge on any atom is 0.416 e. The zero-order chi connectivity index (χ0) is 19.5. The summed E-state index contributed by atoms with van der Waals surface area (Å²) in [5.41, 5.74) is -0.801. The van der Waals surface area contributed by atoms with Crippen molar-refractivity contribution in [3.63, 3.8) is 0 Å². The van der Waals surface area contributed by atoms with Crippen LogP contribution in [0.2, 0.25) is 0 Å². The van der Waals surface area contributed by atoms with Crippen LogP contribution in [0.3, 0.4) is 0 Å². The van der Waals surface area contributed by atoms with Crippen molar-refractivity contribution in [1.29, 1.82) is 0 Å². The molecule has 1 atom stereocenters. The number of benzene rings is 1. The molecule has 146 valence electrons. The molecule has 9 heteroatoms. The van der Waals surface area contributed by atoms with Crippen LogP contribution in [-0.4, -0.2) is 23.3 Å². The van der Waals surface area contributed by atoms with Gasteiger partial charge < -0.3 is 10.4 Å². The molecule has 0 saturated heterocycles. The zero-order valence-corrected chi connectivity index (χ0v) is 13.7. The van der Waals surface area contributed by atoms with Gasteiger partial charge in [-0.05, 0) is 43.4 Å². The van der Waals surface area contributed by atoms with Crippen molar-refractivity contribution < 1.29 is 36.2 Å². The maximum absolute atomic E-state index is 12.9. The van der Waals surface area contributed by atoms with E-state index in [2.05, 4.69) is 5.32 Å². The molecule has 1 aliphatic carbocycles. The van der Waals surface area contributed by atoms with E-state index in [9.17, 15) is 31.1 Å². The lowest BCUT2D eigenvalue weighted by Gasteiger charge is -2.31. The molecule has 1 aromatic carbocycles. The Morgan fingerprint density at radius 1 is 1.04 bits per heavy atom.